The minimum absolute atomic E-state index is 0.425. The molecule has 3 rings (SSSR count). The second kappa shape index (κ2) is 6.04. The molecule has 3 N–H and O–H groups in total. The molecule has 0 saturated carbocycles. The maximum Gasteiger partial charge on any atom is 0.206 e. The number of para-hydroxylation sites is 1. The van der Waals surface area contributed by atoms with Crippen LogP contribution < -0.4 is 10.6 Å². The molecule has 3 aromatic rings. The maximum absolute atomic E-state index is 9.95. The lowest BCUT2D eigenvalue weighted by molar-refractivity contribution is 0.175. The van der Waals surface area contributed by atoms with Gasteiger partial charge in [-0.15, -0.1) is 0 Å². The number of rotatable bonds is 5. The lowest BCUT2D eigenvalue weighted by Gasteiger charge is -2.20. The van der Waals surface area contributed by atoms with Gasteiger partial charge in [-0.3, -0.25) is 0 Å². The molecule has 0 aliphatic carbocycles. The number of imidazole rings is 1. The van der Waals surface area contributed by atoms with Gasteiger partial charge in [0.05, 0.1) is 23.7 Å². The zero-order valence-corrected chi connectivity index (χ0v) is 13.8. The molecule has 0 fully saturated rings. The third kappa shape index (κ3) is 2.70. The number of aliphatic hydroxyl groups is 1. The van der Waals surface area contributed by atoms with Crippen molar-refractivity contribution in [1.29, 1.82) is 0 Å². The first-order valence-electron chi connectivity index (χ1n) is 7.96. The lowest BCUT2D eigenvalue weighted by atomic mass is 10.2. The molecule has 6 nitrogen and oxygen atoms in total. The fourth-order valence-electron chi connectivity index (χ4n) is 3.01. The zero-order valence-electron chi connectivity index (χ0n) is 13.8. The van der Waals surface area contributed by atoms with Crippen LogP contribution in [0.2, 0.25) is 0 Å². The van der Waals surface area contributed by atoms with Crippen LogP contribution in [0, 0.1) is 0 Å². The van der Waals surface area contributed by atoms with E-state index < -0.39 is 6.10 Å². The van der Waals surface area contributed by atoms with Crippen LogP contribution in [0.1, 0.15) is 20.3 Å². The molecular weight excluding hydrogens is 290 g/mol. The molecule has 0 spiro atoms. The highest BCUT2D eigenvalue weighted by Gasteiger charge is 2.20. The number of aliphatic hydroxyl groups excluding tert-OH is 1. The van der Waals surface area contributed by atoms with E-state index in [0.717, 1.165) is 35.3 Å². The van der Waals surface area contributed by atoms with E-state index in [4.69, 9.17) is 10.7 Å². The Hall–Kier alpha value is -2.34. The Bertz CT molecular complexity index is 840. The SMILES string of the molecule is CCCN(C)c1nc2c(N)nc3ccccc3c2n1CC(C)O. The molecule has 6 heteroatoms. The van der Waals surface area contributed by atoms with E-state index >= 15 is 0 Å². The van der Waals surface area contributed by atoms with Gasteiger partial charge in [0.25, 0.3) is 0 Å². The summed E-state index contributed by atoms with van der Waals surface area (Å²) in [6, 6.07) is 7.89. The van der Waals surface area contributed by atoms with Crippen LogP contribution >= 0.6 is 0 Å². The molecule has 122 valence electrons. The summed E-state index contributed by atoms with van der Waals surface area (Å²) in [4.78, 5) is 11.3. The van der Waals surface area contributed by atoms with Crippen molar-refractivity contribution >= 4 is 33.7 Å². The summed E-state index contributed by atoms with van der Waals surface area (Å²) in [6.07, 6.45) is 0.539. The minimum Gasteiger partial charge on any atom is -0.392 e. The summed E-state index contributed by atoms with van der Waals surface area (Å²) >= 11 is 0. The van der Waals surface area contributed by atoms with Gasteiger partial charge >= 0.3 is 0 Å². The third-order valence-electron chi connectivity index (χ3n) is 3.94. The van der Waals surface area contributed by atoms with Gasteiger partial charge in [0.2, 0.25) is 5.95 Å². The Balaban J connectivity index is 2.36. The molecule has 23 heavy (non-hydrogen) atoms. The van der Waals surface area contributed by atoms with Crippen molar-refractivity contribution in [3.63, 3.8) is 0 Å². The van der Waals surface area contributed by atoms with Crippen LogP contribution in [0.4, 0.5) is 11.8 Å². The van der Waals surface area contributed by atoms with E-state index in [9.17, 15) is 5.11 Å². The van der Waals surface area contributed by atoms with Crippen molar-refractivity contribution < 1.29 is 5.11 Å². The molecule has 0 radical (unpaired) electrons. The van der Waals surface area contributed by atoms with Gasteiger partial charge in [-0.2, -0.15) is 0 Å². The number of benzene rings is 1. The first-order chi connectivity index (χ1) is 11.0. The number of nitrogen functional groups attached to an aromatic ring is 1. The van der Waals surface area contributed by atoms with Crippen LogP contribution in [-0.2, 0) is 6.54 Å². The number of anilines is 2. The highest BCUT2D eigenvalue weighted by molar-refractivity contribution is 6.07. The van der Waals surface area contributed by atoms with E-state index in [2.05, 4.69) is 21.4 Å². The predicted octanol–water partition coefficient (Wildman–Crippen LogP) is 2.39. The van der Waals surface area contributed by atoms with Crippen molar-refractivity contribution in [2.45, 2.75) is 32.9 Å². The van der Waals surface area contributed by atoms with Crippen molar-refractivity contribution in [2.24, 2.45) is 0 Å². The molecule has 1 aromatic carbocycles. The molecule has 2 aromatic heterocycles. The summed E-state index contributed by atoms with van der Waals surface area (Å²) < 4.78 is 2.05. The molecule has 0 aliphatic rings. The molecular formula is C17H23N5O. The highest BCUT2D eigenvalue weighted by Crippen LogP contribution is 2.31. The Morgan fingerprint density at radius 3 is 2.74 bits per heavy atom. The van der Waals surface area contributed by atoms with Gasteiger partial charge in [-0.25, -0.2) is 9.97 Å². The fourth-order valence-corrected chi connectivity index (χ4v) is 3.01. The van der Waals surface area contributed by atoms with Gasteiger partial charge in [0, 0.05) is 19.0 Å². The van der Waals surface area contributed by atoms with E-state index in [1.165, 1.54) is 0 Å². The summed E-state index contributed by atoms with van der Waals surface area (Å²) in [7, 11) is 2.01. The van der Waals surface area contributed by atoms with Crippen LogP contribution in [-0.4, -0.2) is 39.3 Å². The summed E-state index contributed by atoms with van der Waals surface area (Å²) in [5.74, 6) is 1.24. The molecule has 1 unspecified atom stereocenters. The Morgan fingerprint density at radius 2 is 2.04 bits per heavy atom. The first kappa shape index (κ1) is 15.6. The number of fused-ring (bicyclic) bond motifs is 3. The normalized spacial score (nSPS) is 12.9. The average molecular weight is 313 g/mol. The van der Waals surface area contributed by atoms with Gasteiger partial charge in [-0.1, -0.05) is 25.1 Å². The first-order valence-corrected chi connectivity index (χ1v) is 7.96. The number of pyridine rings is 1. The predicted molar refractivity (Wildman–Crippen MR) is 94.7 cm³/mol. The van der Waals surface area contributed by atoms with Gasteiger partial charge in [0.1, 0.15) is 5.52 Å². The van der Waals surface area contributed by atoms with Crippen LogP contribution in [0.15, 0.2) is 24.3 Å². The standard InChI is InChI=1S/C17H23N5O/c1-4-9-21(3)17-20-14-15(22(17)10-11(2)23)12-7-5-6-8-13(12)19-16(14)18/h5-8,11,23H,4,9-10H2,1-3H3,(H2,18,19). The summed E-state index contributed by atoms with van der Waals surface area (Å²) in [5, 5.41) is 10.9. The van der Waals surface area contributed by atoms with E-state index in [1.807, 2.05) is 31.3 Å². The third-order valence-corrected chi connectivity index (χ3v) is 3.94. The monoisotopic (exact) mass is 313 g/mol. The highest BCUT2D eigenvalue weighted by atomic mass is 16.3. The number of aromatic nitrogens is 3. The second-order valence-corrected chi connectivity index (χ2v) is 6.00. The van der Waals surface area contributed by atoms with Crippen molar-refractivity contribution in [1.82, 2.24) is 14.5 Å². The van der Waals surface area contributed by atoms with Gasteiger partial charge < -0.3 is 20.3 Å². The molecule has 0 bridgehead atoms. The Labute approximate surface area is 135 Å². The second-order valence-electron chi connectivity index (χ2n) is 6.00. The fraction of sp³-hybridized carbons (Fsp3) is 0.412. The van der Waals surface area contributed by atoms with Crippen LogP contribution in [0.5, 0.6) is 0 Å². The van der Waals surface area contributed by atoms with Gasteiger partial charge in [-0.05, 0) is 19.4 Å². The smallest absolute Gasteiger partial charge is 0.206 e. The zero-order chi connectivity index (χ0) is 16.6. The molecule has 0 amide bonds. The van der Waals surface area contributed by atoms with Crippen molar-refractivity contribution in [2.75, 3.05) is 24.2 Å². The molecule has 0 aliphatic heterocycles. The van der Waals surface area contributed by atoms with E-state index in [-0.39, 0.29) is 0 Å². The van der Waals surface area contributed by atoms with Gasteiger partial charge in [0.15, 0.2) is 5.82 Å². The lowest BCUT2D eigenvalue weighted by Crippen LogP contribution is -2.24. The average Bonchev–Trinajstić information content (AvgIpc) is 2.87. The topological polar surface area (TPSA) is 80.2 Å². The molecule has 0 saturated heterocycles. The number of hydrogen-bond donors (Lipinski definition) is 2. The number of hydrogen-bond acceptors (Lipinski definition) is 5. The summed E-state index contributed by atoms with van der Waals surface area (Å²) in [5.41, 5.74) is 8.62. The Morgan fingerprint density at radius 1 is 1.30 bits per heavy atom. The van der Waals surface area contributed by atoms with E-state index in [0.29, 0.717) is 17.9 Å². The Kier molecular flexibility index (Phi) is 4.09. The maximum atomic E-state index is 9.95. The summed E-state index contributed by atoms with van der Waals surface area (Å²) in [6.45, 7) is 5.26. The van der Waals surface area contributed by atoms with Crippen LogP contribution in [0.25, 0.3) is 21.9 Å². The van der Waals surface area contributed by atoms with E-state index in [1.54, 1.807) is 6.92 Å². The number of nitrogens with two attached hydrogens (primary N) is 1. The number of nitrogens with zero attached hydrogens (tertiary/aromatic N) is 4. The van der Waals surface area contributed by atoms with Crippen LogP contribution in [0.3, 0.4) is 0 Å². The van der Waals surface area contributed by atoms with Crippen molar-refractivity contribution in [3.8, 4) is 0 Å². The molecule has 1 atom stereocenters. The largest absolute Gasteiger partial charge is 0.392 e. The van der Waals surface area contributed by atoms with Crippen molar-refractivity contribution in [3.05, 3.63) is 24.3 Å². The minimum atomic E-state index is -0.477. The quantitative estimate of drug-likeness (QED) is 0.756. The molecule has 2 heterocycles.